The Morgan fingerprint density at radius 3 is 2.60 bits per heavy atom. The maximum atomic E-state index is 11.1. The number of piperidine rings is 1. The summed E-state index contributed by atoms with van der Waals surface area (Å²) in [5, 5.41) is 20.1. The number of aromatic carboxylic acids is 1. The van der Waals surface area contributed by atoms with E-state index in [4.69, 9.17) is 5.11 Å². The molecule has 0 aromatic heterocycles. The molecular formula is C14H18N2O4. The van der Waals surface area contributed by atoms with Crippen molar-refractivity contribution in [1.29, 1.82) is 0 Å². The zero-order chi connectivity index (χ0) is 14.7. The van der Waals surface area contributed by atoms with Crippen molar-refractivity contribution in [2.75, 3.05) is 18.0 Å². The van der Waals surface area contributed by atoms with Gasteiger partial charge in [0.15, 0.2) is 0 Å². The van der Waals surface area contributed by atoms with Gasteiger partial charge in [-0.1, -0.05) is 13.3 Å². The smallest absolute Gasteiger partial charge is 0.335 e. The number of nitro groups is 1. The molecule has 1 aromatic rings. The minimum atomic E-state index is -1.15. The Labute approximate surface area is 117 Å². The van der Waals surface area contributed by atoms with Gasteiger partial charge in [0.1, 0.15) is 5.69 Å². The number of nitro benzene ring substituents is 1. The van der Waals surface area contributed by atoms with Crippen molar-refractivity contribution >= 4 is 17.3 Å². The topological polar surface area (TPSA) is 83.7 Å². The molecule has 6 heteroatoms. The monoisotopic (exact) mass is 278 g/mol. The molecule has 0 saturated carbocycles. The first kappa shape index (κ1) is 14.3. The molecule has 108 valence electrons. The predicted octanol–water partition coefficient (Wildman–Crippen LogP) is 2.92. The molecular weight excluding hydrogens is 260 g/mol. The van der Waals surface area contributed by atoms with Gasteiger partial charge in [-0.25, -0.2) is 4.79 Å². The first-order valence-corrected chi connectivity index (χ1v) is 6.79. The van der Waals surface area contributed by atoms with Crippen LogP contribution in [0.5, 0.6) is 0 Å². The molecule has 1 fully saturated rings. The van der Waals surface area contributed by atoms with Gasteiger partial charge < -0.3 is 10.0 Å². The maximum absolute atomic E-state index is 11.1. The van der Waals surface area contributed by atoms with E-state index in [1.54, 1.807) is 6.07 Å². The Kier molecular flexibility index (Phi) is 4.22. The fourth-order valence-corrected chi connectivity index (χ4v) is 2.65. The van der Waals surface area contributed by atoms with Gasteiger partial charge in [-0.05, 0) is 30.9 Å². The van der Waals surface area contributed by atoms with Gasteiger partial charge in [-0.2, -0.15) is 0 Å². The van der Waals surface area contributed by atoms with Crippen LogP contribution in [0.3, 0.4) is 0 Å². The van der Waals surface area contributed by atoms with Crippen LogP contribution in [0.1, 0.15) is 36.5 Å². The molecule has 20 heavy (non-hydrogen) atoms. The van der Waals surface area contributed by atoms with E-state index < -0.39 is 10.9 Å². The number of anilines is 1. The Hall–Kier alpha value is -2.11. The van der Waals surface area contributed by atoms with Crippen molar-refractivity contribution in [3.05, 3.63) is 33.9 Å². The van der Waals surface area contributed by atoms with Crippen LogP contribution in [0.15, 0.2) is 18.2 Å². The molecule has 0 atom stereocenters. The number of hydrogen-bond donors (Lipinski definition) is 1. The summed E-state index contributed by atoms with van der Waals surface area (Å²) in [5.41, 5.74) is 0.346. The van der Waals surface area contributed by atoms with Gasteiger partial charge in [0.05, 0.1) is 10.5 Å². The average molecular weight is 278 g/mol. The highest BCUT2D eigenvalue weighted by atomic mass is 16.6. The van der Waals surface area contributed by atoms with Crippen molar-refractivity contribution in [3.8, 4) is 0 Å². The molecule has 1 aromatic carbocycles. The third kappa shape index (κ3) is 2.89. The van der Waals surface area contributed by atoms with Crippen LogP contribution in [0.2, 0.25) is 0 Å². The zero-order valence-electron chi connectivity index (χ0n) is 11.4. The quantitative estimate of drug-likeness (QED) is 0.676. The normalized spacial score (nSPS) is 16.1. The number of nitrogens with zero attached hydrogens (tertiary/aromatic N) is 2. The fourth-order valence-electron chi connectivity index (χ4n) is 2.65. The number of rotatable bonds is 4. The highest BCUT2D eigenvalue weighted by Crippen LogP contribution is 2.32. The second kappa shape index (κ2) is 5.90. The van der Waals surface area contributed by atoms with Gasteiger partial charge in [0.2, 0.25) is 0 Å². The van der Waals surface area contributed by atoms with E-state index >= 15 is 0 Å². The van der Waals surface area contributed by atoms with E-state index in [-0.39, 0.29) is 11.3 Å². The lowest BCUT2D eigenvalue weighted by Gasteiger charge is -2.32. The Morgan fingerprint density at radius 1 is 1.45 bits per heavy atom. The van der Waals surface area contributed by atoms with Crippen molar-refractivity contribution in [1.82, 2.24) is 0 Å². The largest absolute Gasteiger partial charge is 0.478 e. The molecule has 0 spiro atoms. The lowest BCUT2D eigenvalue weighted by atomic mass is 9.94. The van der Waals surface area contributed by atoms with Crippen LogP contribution in [0.25, 0.3) is 0 Å². The molecule has 1 saturated heterocycles. The van der Waals surface area contributed by atoms with Gasteiger partial charge >= 0.3 is 5.97 Å². The number of benzene rings is 1. The number of carboxylic acid groups (broad SMARTS) is 1. The fraction of sp³-hybridized carbons (Fsp3) is 0.500. The van der Waals surface area contributed by atoms with Gasteiger partial charge in [-0.3, -0.25) is 10.1 Å². The van der Waals surface area contributed by atoms with E-state index in [0.29, 0.717) is 11.6 Å². The highest BCUT2D eigenvalue weighted by molar-refractivity contribution is 5.89. The first-order chi connectivity index (χ1) is 9.52. The molecule has 0 amide bonds. The van der Waals surface area contributed by atoms with Crippen molar-refractivity contribution < 1.29 is 14.8 Å². The molecule has 2 rings (SSSR count). The Bertz CT molecular complexity index is 522. The van der Waals surface area contributed by atoms with E-state index in [1.807, 2.05) is 4.90 Å². The standard InChI is InChI=1S/C14H18N2O4/c1-2-10-5-7-15(8-6-10)12-4-3-11(14(17)18)9-13(12)16(19)20/h3-4,9-10H,2,5-8H2,1H3,(H,17,18). The highest BCUT2D eigenvalue weighted by Gasteiger charge is 2.25. The van der Waals surface area contributed by atoms with Crippen LogP contribution >= 0.6 is 0 Å². The van der Waals surface area contributed by atoms with Crippen LogP contribution < -0.4 is 4.90 Å². The second-order valence-corrected chi connectivity index (χ2v) is 5.10. The van der Waals surface area contributed by atoms with Crippen LogP contribution in [0.4, 0.5) is 11.4 Å². The zero-order valence-corrected chi connectivity index (χ0v) is 11.4. The van der Waals surface area contributed by atoms with E-state index in [1.165, 1.54) is 6.07 Å². The summed E-state index contributed by atoms with van der Waals surface area (Å²) in [5.74, 6) is -0.465. The molecule has 0 radical (unpaired) electrons. The lowest BCUT2D eigenvalue weighted by molar-refractivity contribution is -0.384. The molecule has 6 nitrogen and oxygen atoms in total. The van der Waals surface area contributed by atoms with Gasteiger partial charge in [0.25, 0.3) is 5.69 Å². The molecule has 1 N–H and O–H groups in total. The van der Waals surface area contributed by atoms with E-state index in [9.17, 15) is 14.9 Å². The summed E-state index contributed by atoms with van der Waals surface area (Å²) in [4.78, 5) is 23.5. The van der Waals surface area contributed by atoms with E-state index in [2.05, 4.69) is 6.92 Å². The Balaban J connectivity index is 2.27. The first-order valence-electron chi connectivity index (χ1n) is 6.79. The summed E-state index contributed by atoms with van der Waals surface area (Å²) in [6, 6.07) is 4.12. The van der Waals surface area contributed by atoms with Crippen LogP contribution in [-0.2, 0) is 0 Å². The summed E-state index contributed by atoms with van der Waals surface area (Å²) >= 11 is 0. The predicted molar refractivity (Wildman–Crippen MR) is 75.3 cm³/mol. The number of hydrogen-bond acceptors (Lipinski definition) is 4. The molecule has 0 bridgehead atoms. The molecule has 1 aliphatic heterocycles. The minimum absolute atomic E-state index is 0.0519. The van der Waals surface area contributed by atoms with Crippen LogP contribution in [0, 0.1) is 16.0 Å². The minimum Gasteiger partial charge on any atom is -0.478 e. The molecule has 0 unspecified atom stereocenters. The Morgan fingerprint density at radius 2 is 2.10 bits per heavy atom. The number of carbonyl (C=O) groups is 1. The van der Waals surface area contributed by atoms with Gasteiger partial charge in [-0.15, -0.1) is 0 Å². The summed E-state index contributed by atoms with van der Waals surface area (Å²) in [7, 11) is 0. The average Bonchev–Trinajstić information content (AvgIpc) is 2.46. The van der Waals surface area contributed by atoms with Gasteiger partial charge in [0, 0.05) is 19.2 Å². The third-order valence-corrected chi connectivity index (χ3v) is 3.95. The van der Waals surface area contributed by atoms with E-state index in [0.717, 1.165) is 38.4 Å². The van der Waals surface area contributed by atoms with Crippen molar-refractivity contribution in [2.24, 2.45) is 5.92 Å². The summed E-state index contributed by atoms with van der Waals surface area (Å²) < 4.78 is 0. The molecule has 0 aliphatic carbocycles. The maximum Gasteiger partial charge on any atom is 0.335 e. The third-order valence-electron chi connectivity index (χ3n) is 3.95. The molecule has 1 aliphatic rings. The molecule has 1 heterocycles. The summed E-state index contributed by atoms with van der Waals surface area (Å²) in [6.45, 7) is 3.72. The SMILES string of the molecule is CCC1CCN(c2ccc(C(=O)O)cc2[N+](=O)[O-])CC1. The van der Waals surface area contributed by atoms with Crippen molar-refractivity contribution in [2.45, 2.75) is 26.2 Å². The lowest BCUT2D eigenvalue weighted by Crippen LogP contribution is -2.33. The van der Waals surface area contributed by atoms with Crippen LogP contribution in [-0.4, -0.2) is 29.1 Å². The number of carboxylic acids is 1. The second-order valence-electron chi connectivity index (χ2n) is 5.10. The summed E-state index contributed by atoms with van der Waals surface area (Å²) in [6.07, 6.45) is 3.18. The van der Waals surface area contributed by atoms with Crippen molar-refractivity contribution in [3.63, 3.8) is 0 Å².